The van der Waals surface area contributed by atoms with E-state index in [-0.39, 0.29) is 10.7 Å². The molecule has 1 fully saturated rings. The minimum atomic E-state index is -2.99. The molecular weight excluding hydrogens is 162 g/mol. The third-order valence-electron chi connectivity index (χ3n) is 2.05. The lowest BCUT2D eigenvalue weighted by Crippen LogP contribution is -2.33. The van der Waals surface area contributed by atoms with Crippen molar-refractivity contribution >= 4 is 10.0 Å². The van der Waals surface area contributed by atoms with Gasteiger partial charge < -0.3 is 0 Å². The SMILES string of the molecule is CC(C)(C)C1CCNS1(=O)=O. The van der Waals surface area contributed by atoms with E-state index < -0.39 is 10.0 Å². The third-order valence-corrected chi connectivity index (χ3v) is 4.35. The van der Waals surface area contributed by atoms with Crippen molar-refractivity contribution in [3.05, 3.63) is 0 Å². The zero-order valence-electron chi connectivity index (χ0n) is 7.22. The fourth-order valence-electron chi connectivity index (χ4n) is 1.49. The highest BCUT2D eigenvalue weighted by Gasteiger charge is 2.39. The molecule has 3 nitrogen and oxygen atoms in total. The molecule has 66 valence electrons. The first-order chi connectivity index (χ1) is 4.84. The molecule has 1 rings (SSSR count). The van der Waals surface area contributed by atoms with E-state index in [1.54, 1.807) is 0 Å². The molecule has 0 aromatic carbocycles. The normalized spacial score (nSPS) is 30.6. The Hall–Kier alpha value is -0.0900. The Bertz CT molecular complexity index is 238. The van der Waals surface area contributed by atoms with E-state index in [4.69, 9.17) is 0 Å². The Kier molecular flexibility index (Phi) is 2.01. The Balaban J connectivity index is 2.91. The van der Waals surface area contributed by atoms with Gasteiger partial charge in [-0.2, -0.15) is 0 Å². The summed E-state index contributed by atoms with van der Waals surface area (Å²) in [4.78, 5) is 0. The molecule has 0 bridgehead atoms. The lowest BCUT2D eigenvalue weighted by Gasteiger charge is -2.24. The maximum absolute atomic E-state index is 11.3. The van der Waals surface area contributed by atoms with Crippen molar-refractivity contribution in [1.82, 2.24) is 4.72 Å². The average Bonchev–Trinajstić information content (AvgIpc) is 2.06. The van der Waals surface area contributed by atoms with Crippen LogP contribution in [0.3, 0.4) is 0 Å². The number of sulfonamides is 1. The van der Waals surface area contributed by atoms with Crippen molar-refractivity contribution in [3.63, 3.8) is 0 Å². The van der Waals surface area contributed by atoms with Crippen molar-refractivity contribution in [2.24, 2.45) is 5.41 Å². The second-order valence-corrected chi connectivity index (χ2v) is 6.03. The highest BCUT2D eigenvalue weighted by molar-refractivity contribution is 7.90. The van der Waals surface area contributed by atoms with Gasteiger partial charge in [0.2, 0.25) is 10.0 Å². The molecule has 1 heterocycles. The van der Waals surface area contributed by atoms with Gasteiger partial charge in [-0.15, -0.1) is 0 Å². The van der Waals surface area contributed by atoms with Gasteiger partial charge in [0.1, 0.15) is 0 Å². The van der Waals surface area contributed by atoms with Crippen LogP contribution >= 0.6 is 0 Å². The second-order valence-electron chi connectivity index (χ2n) is 4.08. The molecule has 0 aromatic heterocycles. The summed E-state index contributed by atoms with van der Waals surface area (Å²) in [6.07, 6.45) is 0.742. The molecule has 0 radical (unpaired) electrons. The predicted octanol–water partition coefficient (Wildman–Crippen LogP) is 0.724. The summed E-state index contributed by atoms with van der Waals surface area (Å²) in [5.74, 6) is 0. The molecule has 1 saturated heterocycles. The fraction of sp³-hybridized carbons (Fsp3) is 1.00. The van der Waals surface area contributed by atoms with Gasteiger partial charge in [-0.1, -0.05) is 20.8 Å². The molecule has 11 heavy (non-hydrogen) atoms. The van der Waals surface area contributed by atoms with Gasteiger partial charge in [-0.3, -0.25) is 0 Å². The molecule has 1 atom stereocenters. The molecule has 0 saturated carbocycles. The average molecular weight is 177 g/mol. The summed E-state index contributed by atoms with van der Waals surface area (Å²) >= 11 is 0. The number of hydrogen-bond acceptors (Lipinski definition) is 2. The minimum Gasteiger partial charge on any atom is -0.215 e. The fourth-order valence-corrected chi connectivity index (χ4v) is 3.45. The highest BCUT2D eigenvalue weighted by Crippen LogP contribution is 2.30. The second kappa shape index (κ2) is 2.45. The van der Waals surface area contributed by atoms with E-state index in [0.717, 1.165) is 6.42 Å². The van der Waals surface area contributed by atoms with Gasteiger partial charge in [-0.25, -0.2) is 13.1 Å². The van der Waals surface area contributed by atoms with Gasteiger partial charge in [0.05, 0.1) is 5.25 Å². The lowest BCUT2D eigenvalue weighted by molar-refractivity contribution is 0.378. The lowest BCUT2D eigenvalue weighted by atomic mass is 9.90. The summed E-state index contributed by atoms with van der Waals surface area (Å²) in [6, 6.07) is 0. The Morgan fingerprint density at radius 2 is 1.91 bits per heavy atom. The minimum absolute atomic E-state index is 0.137. The molecule has 0 spiro atoms. The smallest absolute Gasteiger partial charge is 0.215 e. The van der Waals surface area contributed by atoms with E-state index in [1.807, 2.05) is 20.8 Å². The van der Waals surface area contributed by atoms with Crippen LogP contribution in [0.15, 0.2) is 0 Å². The van der Waals surface area contributed by atoms with Crippen LogP contribution < -0.4 is 4.72 Å². The first kappa shape index (κ1) is 9.00. The van der Waals surface area contributed by atoms with Crippen molar-refractivity contribution in [3.8, 4) is 0 Å². The van der Waals surface area contributed by atoms with E-state index in [2.05, 4.69) is 4.72 Å². The van der Waals surface area contributed by atoms with E-state index in [9.17, 15) is 8.42 Å². The third kappa shape index (κ3) is 1.73. The number of nitrogens with one attached hydrogen (secondary N) is 1. The first-order valence-electron chi connectivity index (χ1n) is 3.82. The monoisotopic (exact) mass is 177 g/mol. The molecule has 0 aromatic rings. The summed E-state index contributed by atoms with van der Waals surface area (Å²) in [5.41, 5.74) is -0.137. The first-order valence-corrected chi connectivity index (χ1v) is 5.37. The summed E-state index contributed by atoms with van der Waals surface area (Å²) in [6.45, 7) is 6.48. The number of rotatable bonds is 0. The maximum atomic E-state index is 11.3. The largest absolute Gasteiger partial charge is 0.215 e. The zero-order valence-corrected chi connectivity index (χ0v) is 8.03. The maximum Gasteiger partial charge on any atom is 0.215 e. The zero-order chi connectivity index (χ0) is 8.70. The van der Waals surface area contributed by atoms with Gasteiger partial charge in [0.25, 0.3) is 0 Å². The molecule has 4 heteroatoms. The Morgan fingerprint density at radius 1 is 1.36 bits per heavy atom. The van der Waals surface area contributed by atoms with Crippen LogP contribution in [0, 0.1) is 5.41 Å². The topological polar surface area (TPSA) is 46.2 Å². The molecule has 0 amide bonds. The molecule has 1 unspecified atom stereocenters. The molecule has 1 N–H and O–H groups in total. The molecule has 1 aliphatic rings. The number of hydrogen-bond donors (Lipinski definition) is 1. The van der Waals surface area contributed by atoms with Crippen LogP contribution in [0.25, 0.3) is 0 Å². The van der Waals surface area contributed by atoms with Crippen molar-refractivity contribution < 1.29 is 8.42 Å². The Labute approximate surface area is 68.2 Å². The van der Waals surface area contributed by atoms with Crippen LogP contribution in [-0.2, 0) is 10.0 Å². The Morgan fingerprint density at radius 3 is 2.09 bits per heavy atom. The van der Waals surface area contributed by atoms with E-state index in [0.29, 0.717) is 6.54 Å². The molecular formula is C7H15NO2S. The van der Waals surface area contributed by atoms with Gasteiger partial charge >= 0.3 is 0 Å². The molecule has 0 aliphatic carbocycles. The summed E-state index contributed by atoms with van der Waals surface area (Å²) < 4.78 is 25.1. The standard InChI is InChI=1S/C7H15NO2S/c1-7(2,3)6-4-5-8-11(6,9)10/h6,8H,4-5H2,1-3H3. The van der Waals surface area contributed by atoms with Gasteiger partial charge in [0.15, 0.2) is 0 Å². The molecule has 1 aliphatic heterocycles. The van der Waals surface area contributed by atoms with Crippen molar-refractivity contribution in [2.45, 2.75) is 32.4 Å². The van der Waals surface area contributed by atoms with Crippen molar-refractivity contribution in [1.29, 1.82) is 0 Å². The van der Waals surface area contributed by atoms with E-state index in [1.165, 1.54) is 0 Å². The van der Waals surface area contributed by atoms with Crippen molar-refractivity contribution in [2.75, 3.05) is 6.54 Å². The summed E-state index contributed by atoms with van der Waals surface area (Å²) in [5, 5.41) is -0.213. The van der Waals surface area contributed by atoms with Crippen LogP contribution in [0.1, 0.15) is 27.2 Å². The predicted molar refractivity (Wildman–Crippen MR) is 44.8 cm³/mol. The van der Waals surface area contributed by atoms with E-state index >= 15 is 0 Å². The van der Waals surface area contributed by atoms with Crippen LogP contribution in [0.4, 0.5) is 0 Å². The van der Waals surface area contributed by atoms with Crippen LogP contribution in [0.2, 0.25) is 0 Å². The summed E-state index contributed by atoms with van der Waals surface area (Å²) in [7, 11) is -2.99. The van der Waals surface area contributed by atoms with Crippen LogP contribution in [0.5, 0.6) is 0 Å². The van der Waals surface area contributed by atoms with Gasteiger partial charge in [0, 0.05) is 6.54 Å². The van der Waals surface area contributed by atoms with Gasteiger partial charge in [-0.05, 0) is 11.8 Å². The quantitative estimate of drug-likeness (QED) is 0.592. The highest BCUT2D eigenvalue weighted by atomic mass is 32.2. The van der Waals surface area contributed by atoms with Crippen LogP contribution in [-0.4, -0.2) is 20.2 Å².